The number of hydrogen-bond donors (Lipinski definition) is 2. The van der Waals surface area contributed by atoms with Crippen LogP contribution in [0.2, 0.25) is 0 Å². The summed E-state index contributed by atoms with van der Waals surface area (Å²) in [6, 6.07) is 21.7. The highest BCUT2D eigenvalue weighted by molar-refractivity contribution is 6.03. The van der Waals surface area contributed by atoms with Gasteiger partial charge in [-0.2, -0.15) is 0 Å². The number of rotatable bonds is 4. The molecular formula is C22H16N2O3. The molecule has 3 aromatic carbocycles. The Morgan fingerprint density at radius 3 is 2.56 bits per heavy atom. The van der Waals surface area contributed by atoms with Gasteiger partial charge in [-0.3, -0.25) is 9.79 Å². The second kappa shape index (κ2) is 7.17. The van der Waals surface area contributed by atoms with Crippen molar-refractivity contribution < 1.29 is 14.3 Å². The predicted octanol–water partition coefficient (Wildman–Crippen LogP) is 5.14. The molecule has 5 nitrogen and oxygen atoms in total. The van der Waals surface area contributed by atoms with Crippen LogP contribution in [0, 0.1) is 0 Å². The number of carbonyl (C=O) groups is 1. The zero-order valence-corrected chi connectivity index (χ0v) is 14.3. The first-order valence-corrected chi connectivity index (χ1v) is 8.40. The quantitative estimate of drug-likeness (QED) is 0.497. The molecule has 4 rings (SSSR count). The summed E-state index contributed by atoms with van der Waals surface area (Å²) in [7, 11) is 0. The molecule has 1 amide bonds. The molecule has 27 heavy (non-hydrogen) atoms. The summed E-state index contributed by atoms with van der Waals surface area (Å²) in [6.07, 6.45) is 3.10. The van der Waals surface area contributed by atoms with E-state index in [2.05, 4.69) is 10.3 Å². The Bertz CT molecular complexity index is 1110. The Morgan fingerprint density at radius 2 is 1.78 bits per heavy atom. The molecule has 0 radical (unpaired) electrons. The Hall–Kier alpha value is -3.86. The molecule has 1 aromatic heterocycles. The minimum Gasteiger partial charge on any atom is -0.507 e. The van der Waals surface area contributed by atoms with E-state index in [1.165, 1.54) is 6.26 Å². The highest BCUT2D eigenvalue weighted by Gasteiger charge is 2.08. The fourth-order valence-corrected chi connectivity index (χ4v) is 2.79. The Labute approximate surface area is 155 Å². The number of aliphatic imine (C=N–C) groups is 1. The van der Waals surface area contributed by atoms with Crippen LogP contribution in [-0.2, 0) is 0 Å². The zero-order chi connectivity index (χ0) is 18.6. The fourth-order valence-electron chi connectivity index (χ4n) is 2.79. The highest BCUT2D eigenvalue weighted by atomic mass is 16.3. The van der Waals surface area contributed by atoms with E-state index in [0.717, 1.165) is 10.8 Å². The van der Waals surface area contributed by atoms with Gasteiger partial charge in [0.2, 0.25) is 0 Å². The number of phenolic OH excluding ortho intramolecular Hbond substituents is 1. The van der Waals surface area contributed by atoms with Crippen molar-refractivity contribution in [3.05, 3.63) is 90.4 Å². The van der Waals surface area contributed by atoms with Crippen molar-refractivity contribution in [2.45, 2.75) is 0 Å². The lowest BCUT2D eigenvalue weighted by atomic mass is 10.0. The molecule has 0 aliphatic heterocycles. The average molecular weight is 356 g/mol. The molecule has 0 aliphatic carbocycles. The summed E-state index contributed by atoms with van der Waals surface area (Å²) in [5.74, 6) is 0.125. The van der Waals surface area contributed by atoms with Crippen LogP contribution in [0.3, 0.4) is 0 Å². The van der Waals surface area contributed by atoms with Crippen molar-refractivity contribution in [1.29, 1.82) is 0 Å². The number of nitrogens with zero attached hydrogens (tertiary/aromatic N) is 1. The fraction of sp³-hybridized carbons (Fsp3) is 0. The van der Waals surface area contributed by atoms with Crippen LogP contribution in [0.15, 0.2) is 88.5 Å². The third kappa shape index (κ3) is 3.57. The van der Waals surface area contributed by atoms with Crippen LogP contribution >= 0.6 is 0 Å². The van der Waals surface area contributed by atoms with E-state index in [1.807, 2.05) is 30.3 Å². The Morgan fingerprint density at radius 1 is 0.963 bits per heavy atom. The average Bonchev–Trinajstić information content (AvgIpc) is 3.23. The van der Waals surface area contributed by atoms with Crippen LogP contribution in [0.1, 0.15) is 16.1 Å². The normalized spacial score (nSPS) is 11.1. The first-order valence-electron chi connectivity index (χ1n) is 8.40. The van der Waals surface area contributed by atoms with E-state index < -0.39 is 0 Å². The maximum atomic E-state index is 12.0. The second-order valence-electron chi connectivity index (χ2n) is 5.96. The third-order valence-corrected chi connectivity index (χ3v) is 4.16. The molecule has 1 heterocycles. The van der Waals surface area contributed by atoms with Gasteiger partial charge in [0.1, 0.15) is 5.75 Å². The van der Waals surface area contributed by atoms with E-state index in [-0.39, 0.29) is 17.4 Å². The van der Waals surface area contributed by atoms with Crippen LogP contribution in [0.4, 0.5) is 11.4 Å². The predicted molar refractivity (Wildman–Crippen MR) is 106 cm³/mol. The van der Waals surface area contributed by atoms with Crippen molar-refractivity contribution in [2.75, 3.05) is 5.32 Å². The van der Waals surface area contributed by atoms with Crippen LogP contribution < -0.4 is 5.32 Å². The van der Waals surface area contributed by atoms with Gasteiger partial charge in [0, 0.05) is 17.5 Å². The van der Waals surface area contributed by atoms with Crippen LogP contribution in [0.5, 0.6) is 5.75 Å². The first-order chi connectivity index (χ1) is 13.2. The Balaban J connectivity index is 1.54. The summed E-state index contributed by atoms with van der Waals surface area (Å²) in [4.78, 5) is 16.4. The molecule has 4 aromatic rings. The number of furan rings is 1. The van der Waals surface area contributed by atoms with Crippen molar-refractivity contribution in [1.82, 2.24) is 0 Å². The molecule has 0 saturated heterocycles. The number of fused-ring (bicyclic) bond motifs is 1. The van der Waals surface area contributed by atoms with Gasteiger partial charge < -0.3 is 14.8 Å². The summed E-state index contributed by atoms with van der Waals surface area (Å²) >= 11 is 0. The molecule has 0 saturated carbocycles. The summed E-state index contributed by atoms with van der Waals surface area (Å²) in [5, 5.41) is 14.9. The second-order valence-corrected chi connectivity index (χ2v) is 5.96. The highest BCUT2D eigenvalue weighted by Crippen LogP contribution is 2.26. The van der Waals surface area contributed by atoms with E-state index in [1.54, 1.807) is 48.7 Å². The standard InChI is InChI=1S/C22H16N2O3/c25-20-12-7-15-4-1-2-5-18(15)19(20)14-23-16-8-10-17(11-9-16)24-22(26)21-6-3-13-27-21/h1-14,25H,(H,24,26). The molecule has 2 N–H and O–H groups in total. The number of carbonyl (C=O) groups excluding carboxylic acids is 1. The van der Waals surface area contributed by atoms with Gasteiger partial charge in [0.15, 0.2) is 5.76 Å². The lowest BCUT2D eigenvalue weighted by Crippen LogP contribution is -2.10. The largest absolute Gasteiger partial charge is 0.507 e. The molecule has 132 valence electrons. The molecule has 0 bridgehead atoms. The van der Waals surface area contributed by atoms with Gasteiger partial charge in [-0.15, -0.1) is 0 Å². The van der Waals surface area contributed by atoms with Gasteiger partial charge in [-0.25, -0.2) is 0 Å². The number of benzene rings is 3. The molecule has 0 spiro atoms. The topological polar surface area (TPSA) is 74.8 Å². The lowest BCUT2D eigenvalue weighted by molar-refractivity contribution is 0.0996. The Kier molecular flexibility index (Phi) is 4.41. The minimum atomic E-state index is -0.308. The zero-order valence-electron chi connectivity index (χ0n) is 14.3. The van der Waals surface area contributed by atoms with Crippen LogP contribution in [0.25, 0.3) is 10.8 Å². The third-order valence-electron chi connectivity index (χ3n) is 4.16. The SMILES string of the molecule is O=C(Nc1ccc(N=Cc2c(O)ccc3ccccc23)cc1)c1ccco1. The van der Waals surface area contributed by atoms with Crippen molar-refractivity contribution >= 4 is 34.3 Å². The summed E-state index contributed by atoms with van der Waals surface area (Å²) in [5.41, 5.74) is 2.02. The molecular weight excluding hydrogens is 340 g/mol. The van der Waals surface area contributed by atoms with Gasteiger partial charge in [0.05, 0.1) is 12.0 Å². The van der Waals surface area contributed by atoms with Gasteiger partial charge in [0.25, 0.3) is 5.91 Å². The lowest BCUT2D eigenvalue weighted by Gasteiger charge is -2.05. The van der Waals surface area contributed by atoms with Crippen molar-refractivity contribution in [2.24, 2.45) is 4.99 Å². The van der Waals surface area contributed by atoms with E-state index in [4.69, 9.17) is 4.42 Å². The number of amides is 1. The number of aromatic hydroxyl groups is 1. The minimum absolute atomic E-state index is 0.180. The van der Waals surface area contributed by atoms with Crippen LogP contribution in [-0.4, -0.2) is 17.2 Å². The maximum Gasteiger partial charge on any atom is 0.291 e. The smallest absolute Gasteiger partial charge is 0.291 e. The van der Waals surface area contributed by atoms with Crippen molar-refractivity contribution in [3.8, 4) is 5.75 Å². The number of phenols is 1. The van der Waals surface area contributed by atoms with E-state index in [9.17, 15) is 9.90 Å². The van der Waals surface area contributed by atoms with Gasteiger partial charge >= 0.3 is 0 Å². The monoisotopic (exact) mass is 356 g/mol. The van der Waals surface area contributed by atoms with Gasteiger partial charge in [-0.05, 0) is 53.2 Å². The first kappa shape index (κ1) is 16.6. The summed E-state index contributed by atoms with van der Waals surface area (Å²) < 4.78 is 5.07. The number of hydrogen-bond acceptors (Lipinski definition) is 4. The maximum absolute atomic E-state index is 12.0. The molecule has 5 heteroatoms. The number of nitrogens with one attached hydrogen (secondary N) is 1. The molecule has 0 unspecified atom stereocenters. The molecule has 0 atom stereocenters. The molecule has 0 aliphatic rings. The van der Waals surface area contributed by atoms with Gasteiger partial charge in [-0.1, -0.05) is 30.3 Å². The number of anilines is 1. The molecule has 0 fully saturated rings. The van der Waals surface area contributed by atoms with E-state index in [0.29, 0.717) is 16.9 Å². The van der Waals surface area contributed by atoms with Crippen molar-refractivity contribution in [3.63, 3.8) is 0 Å². The summed E-state index contributed by atoms with van der Waals surface area (Å²) in [6.45, 7) is 0. The van der Waals surface area contributed by atoms with E-state index >= 15 is 0 Å².